The molecule has 0 saturated carbocycles. The average Bonchev–Trinajstić information content (AvgIpc) is 2.41. The highest BCUT2D eigenvalue weighted by molar-refractivity contribution is 9.10. The summed E-state index contributed by atoms with van der Waals surface area (Å²) >= 11 is 14.7. The van der Waals surface area contributed by atoms with Gasteiger partial charge in [0, 0.05) is 6.20 Å². The first-order valence-electron chi connectivity index (χ1n) is 5.51. The fourth-order valence-electron chi connectivity index (χ4n) is 1.49. The number of sulfonamides is 1. The molecule has 0 unspecified atom stereocenters. The Hall–Kier alpha value is -1.02. The van der Waals surface area contributed by atoms with E-state index in [-0.39, 0.29) is 15.1 Å². The van der Waals surface area contributed by atoms with Gasteiger partial charge in [-0.15, -0.1) is 0 Å². The van der Waals surface area contributed by atoms with E-state index >= 15 is 0 Å². The molecule has 1 aromatic heterocycles. The lowest BCUT2D eigenvalue weighted by atomic mass is 10.3. The maximum absolute atomic E-state index is 12.2. The molecule has 2 rings (SSSR count). The molecule has 21 heavy (non-hydrogen) atoms. The van der Waals surface area contributed by atoms with Crippen LogP contribution in [-0.4, -0.2) is 20.5 Å². The van der Waals surface area contributed by atoms with E-state index in [0.29, 0.717) is 15.9 Å². The standard InChI is InChI=1S/C12H9BrCl2N2O3S/c1-20-11-3-2-7(4-9(11)13)17-21(18,19)8-5-10(14)12(15)16-6-8/h2-6,17H,1H3. The summed E-state index contributed by atoms with van der Waals surface area (Å²) in [7, 11) is -2.29. The molecule has 9 heteroatoms. The number of benzene rings is 1. The lowest BCUT2D eigenvalue weighted by Gasteiger charge is -2.10. The molecule has 1 aromatic carbocycles. The largest absolute Gasteiger partial charge is 0.496 e. The average molecular weight is 412 g/mol. The van der Waals surface area contributed by atoms with Crippen molar-refractivity contribution in [2.45, 2.75) is 4.90 Å². The number of methoxy groups -OCH3 is 1. The fourth-order valence-corrected chi connectivity index (χ4v) is 3.39. The highest BCUT2D eigenvalue weighted by atomic mass is 79.9. The van der Waals surface area contributed by atoms with Crippen LogP contribution >= 0.6 is 39.1 Å². The van der Waals surface area contributed by atoms with Crippen molar-refractivity contribution in [2.24, 2.45) is 0 Å². The summed E-state index contributed by atoms with van der Waals surface area (Å²) in [5.41, 5.74) is 0.369. The van der Waals surface area contributed by atoms with Crippen molar-refractivity contribution in [1.29, 1.82) is 0 Å². The molecule has 0 aliphatic rings. The van der Waals surface area contributed by atoms with Gasteiger partial charge in [0.15, 0.2) is 0 Å². The molecule has 0 radical (unpaired) electrons. The van der Waals surface area contributed by atoms with Crippen LogP contribution in [0.1, 0.15) is 0 Å². The summed E-state index contributed by atoms with van der Waals surface area (Å²) in [6, 6.07) is 6.03. The highest BCUT2D eigenvalue weighted by Crippen LogP contribution is 2.29. The molecule has 0 aliphatic carbocycles. The molecule has 0 fully saturated rings. The van der Waals surface area contributed by atoms with E-state index in [0.717, 1.165) is 6.20 Å². The molecule has 0 bridgehead atoms. The lowest BCUT2D eigenvalue weighted by Crippen LogP contribution is -2.13. The predicted octanol–water partition coefficient (Wildman–Crippen LogP) is 3.96. The molecule has 2 aromatic rings. The first-order valence-corrected chi connectivity index (χ1v) is 8.54. The minimum Gasteiger partial charge on any atom is -0.496 e. The van der Waals surface area contributed by atoms with Gasteiger partial charge in [-0.1, -0.05) is 23.2 Å². The number of nitrogens with zero attached hydrogens (tertiary/aromatic N) is 1. The molecular weight excluding hydrogens is 403 g/mol. The maximum Gasteiger partial charge on any atom is 0.263 e. The fraction of sp³-hybridized carbons (Fsp3) is 0.0833. The van der Waals surface area contributed by atoms with Gasteiger partial charge in [-0.25, -0.2) is 13.4 Å². The number of halogens is 3. The number of hydrogen-bond donors (Lipinski definition) is 1. The molecular formula is C12H9BrCl2N2O3S. The zero-order chi connectivity index (χ0) is 15.6. The maximum atomic E-state index is 12.2. The Balaban J connectivity index is 2.32. The first kappa shape index (κ1) is 16.4. The van der Waals surface area contributed by atoms with E-state index in [1.807, 2.05) is 0 Å². The van der Waals surface area contributed by atoms with Crippen LogP contribution < -0.4 is 9.46 Å². The zero-order valence-corrected chi connectivity index (χ0v) is 14.5. The van der Waals surface area contributed by atoms with Crippen molar-refractivity contribution in [1.82, 2.24) is 4.98 Å². The van der Waals surface area contributed by atoms with E-state index in [1.54, 1.807) is 18.2 Å². The van der Waals surface area contributed by atoms with Gasteiger partial charge in [-0.2, -0.15) is 0 Å². The van der Waals surface area contributed by atoms with E-state index in [1.165, 1.54) is 13.2 Å². The van der Waals surface area contributed by atoms with Gasteiger partial charge in [-0.3, -0.25) is 4.72 Å². The van der Waals surface area contributed by atoms with Gasteiger partial charge < -0.3 is 4.74 Å². The van der Waals surface area contributed by atoms with Crippen LogP contribution in [0.15, 0.2) is 39.8 Å². The Kier molecular flexibility index (Phi) is 4.98. The Morgan fingerprint density at radius 1 is 1.29 bits per heavy atom. The van der Waals surface area contributed by atoms with E-state index in [4.69, 9.17) is 27.9 Å². The van der Waals surface area contributed by atoms with Crippen LogP contribution in [0.4, 0.5) is 5.69 Å². The smallest absolute Gasteiger partial charge is 0.263 e. The van der Waals surface area contributed by atoms with E-state index in [9.17, 15) is 8.42 Å². The predicted molar refractivity (Wildman–Crippen MR) is 85.8 cm³/mol. The van der Waals surface area contributed by atoms with Crippen molar-refractivity contribution in [3.8, 4) is 5.75 Å². The highest BCUT2D eigenvalue weighted by Gasteiger charge is 2.17. The molecule has 1 heterocycles. The number of aromatic nitrogens is 1. The third-order valence-electron chi connectivity index (χ3n) is 2.49. The van der Waals surface area contributed by atoms with Crippen LogP contribution in [0.3, 0.4) is 0 Å². The lowest BCUT2D eigenvalue weighted by molar-refractivity contribution is 0.412. The summed E-state index contributed by atoms with van der Waals surface area (Å²) in [5.74, 6) is 0.592. The molecule has 0 spiro atoms. The number of ether oxygens (including phenoxy) is 1. The van der Waals surface area contributed by atoms with Crippen molar-refractivity contribution in [3.05, 3.63) is 45.1 Å². The molecule has 1 N–H and O–H groups in total. The second-order valence-electron chi connectivity index (χ2n) is 3.90. The summed E-state index contributed by atoms with van der Waals surface area (Å²) in [6.07, 6.45) is 1.13. The summed E-state index contributed by atoms with van der Waals surface area (Å²) < 4.78 is 32.6. The third-order valence-corrected chi connectivity index (χ3v) is 5.14. The third kappa shape index (κ3) is 3.79. The summed E-state index contributed by atoms with van der Waals surface area (Å²) in [5, 5.41) is 0.110. The van der Waals surface area contributed by atoms with Crippen LogP contribution in [0.2, 0.25) is 10.2 Å². The number of rotatable bonds is 4. The van der Waals surface area contributed by atoms with Crippen molar-refractivity contribution in [2.75, 3.05) is 11.8 Å². The Bertz CT molecular complexity index is 784. The number of hydrogen-bond acceptors (Lipinski definition) is 4. The van der Waals surface area contributed by atoms with Gasteiger partial charge in [0.1, 0.15) is 15.8 Å². The second kappa shape index (κ2) is 6.39. The summed E-state index contributed by atoms with van der Waals surface area (Å²) in [4.78, 5) is 3.64. The van der Waals surface area contributed by atoms with Crippen LogP contribution in [-0.2, 0) is 10.0 Å². The van der Waals surface area contributed by atoms with Gasteiger partial charge >= 0.3 is 0 Å². The van der Waals surface area contributed by atoms with Crippen molar-refractivity contribution < 1.29 is 13.2 Å². The van der Waals surface area contributed by atoms with Crippen LogP contribution in [0.25, 0.3) is 0 Å². The van der Waals surface area contributed by atoms with Crippen molar-refractivity contribution in [3.63, 3.8) is 0 Å². The van der Waals surface area contributed by atoms with Gasteiger partial charge in [0.25, 0.3) is 10.0 Å². The summed E-state index contributed by atoms with van der Waals surface area (Å²) in [6.45, 7) is 0. The van der Waals surface area contributed by atoms with Gasteiger partial charge in [0.05, 0.1) is 22.3 Å². The van der Waals surface area contributed by atoms with Crippen LogP contribution in [0, 0.1) is 0 Å². The van der Waals surface area contributed by atoms with E-state index < -0.39 is 10.0 Å². The normalized spacial score (nSPS) is 11.2. The minimum atomic E-state index is -3.81. The zero-order valence-electron chi connectivity index (χ0n) is 10.6. The number of anilines is 1. The molecule has 0 aliphatic heterocycles. The molecule has 0 atom stereocenters. The van der Waals surface area contributed by atoms with Gasteiger partial charge in [-0.05, 0) is 40.2 Å². The topological polar surface area (TPSA) is 68.3 Å². The first-order chi connectivity index (χ1) is 9.83. The van der Waals surface area contributed by atoms with Gasteiger partial charge in [0.2, 0.25) is 0 Å². The number of pyridine rings is 1. The molecule has 112 valence electrons. The number of nitrogens with one attached hydrogen (secondary N) is 1. The van der Waals surface area contributed by atoms with Crippen molar-refractivity contribution >= 4 is 54.8 Å². The van der Waals surface area contributed by atoms with Crippen LogP contribution in [0.5, 0.6) is 5.75 Å². The Morgan fingerprint density at radius 3 is 2.57 bits per heavy atom. The monoisotopic (exact) mass is 410 g/mol. The molecule has 0 amide bonds. The quantitative estimate of drug-likeness (QED) is 0.773. The minimum absolute atomic E-state index is 0.0443. The Morgan fingerprint density at radius 2 is 2.00 bits per heavy atom. The Labute approximate surface area is 140 Å². The second-order valence-corrected chi connectivity index (χ2v) is 7.20. The molecule has 0 saturated heterocycles. The molecule has 5 nitrogen and oxygen atoms in total. The SMILES string of the molecule is COc1ccc(NS(=O)(=O)c2cnc(Cl)c(Cl)c2)cc1Br. The van der Waals surface area contributed by atoms with E-state index in [2.05, 4.69) is 25.6 Å².